The zero-order chi connectivity index (χ0) is 21.3. The predicted molar refractivity (Wildman–Crippen MR) is 101 cm³/mol. The number of phenols is 1. The van der Waals surface area contributed by atoms with Crippen LogP contribution in [0.5, 0.6) is 5.75 Å². The summed E-state index contributed by atoms with van der Waals surface area (Å²) in [7, 11) is 2.04. The van der Waals surface area contributed by atoms with Crippen LogP contribution in [0.25, 0.3) is 11.3 Å². The van der Waals surface area contributed by atoms with Crippen LogP contribution >= 0.6 is 0 Å². The third-order valence-electron chi connectivity index (χ3n) is 5.32. The van der Waals surface area contributed by atoms with Gasteiger partial charge >= 0.3 is 6.18 Å². The molecule has 1 amide bonds. The highest BCUT2D eigenvalue weighted by Gasteiger charge is 2.32. The number of amides is 1. The third-order valence-corrected chi connectivity index (χ3v) is 5.32. The van der Waals surface area contributed by atoms with E-state index in [2.05, 4.69) is 15.1 Å². The standard InChI is InChI=1S/C20H23F3N4O2/c1-11-17(19(24)29)15(8-12-4-3-7-27(2)10-12)25-26-18(11)14-6-5-13(9-16(14)28)20(21,22)23/h5-6,9,12,28H,3-4,7-8,10H2,1-2H3,(H2,24,29)/t12-/m0/s1. The Labute approximate surface area is 166 Å². The Morgan fingerprint density at radius 3 is 2.66 bits per heavy atom. The quantitative estimate of drug-likeness (QED) is 0.811. The van der Waals surface area contributed by atoms with E-state index in [0.717, 1.165) is 38.1 Å². The van der Waals surface area contributed by atoms with Gasteiger partial charge in [-0.05, 0) is 69.5 Å². The Kier molecular flexibility index (Phi) is 5.79. The van der Waals surface area contributed by atoms with Gasteiger partial charge in [-0.15, -0.1) is 5.10 Å². The first-order chi connectivity index (χ1) is 13.6. The predicted octanol–water partition coefficient (Wildman–Crippen LogP) is 3.16. The Balaban J connectivity index is 2.00. The van der Waals surface area contributed by atoms with Crippen molar-refractivity contribution in [3.63, 3.8) is 0 Å². The van der Waals surface area contributed by atoms with Crippen molar-refractivity contribution >= 4 is 5.91 Å². The molecule has 29 heavy (non-hydrogen) atoms. The fourth-order valence-electron chi connectivity index (χ4n) is 3.92. The molecule has 6 nitrogen and oxygen atoms in total. The number of aromatic nitrogens is 2. The highest BCUT2D eigenvalue weighted by molar-refractivity contribution is 5.97. The van der Waals surface area contributed by atoms with Gasteiger partial charge in [-0.2, -0.15) is 18.3 Å². The van der Waals surface area contributed by atoms with Crippen LogP contribution in [-0.2, 0) is 12.6 Å². The Morgan fingerprint density at radius 2 is 2.07 bits per heavy atom. The zero-order valence-electron chi connectivity index (χ0n) is 16.3. The van der Waals surface area contributed by atoms with Gasteiger partial charge in [0.25, 0.3) is 5.91 Å². The summed E-state index contributed by atoms with van der Waals surface area (Å²) >= 11 is 0. The van der Waals surface area contributed by atoms with Crippen molar-refractivity contribution in [3.05, 3.63) is 40.6 Å². The lowest BCUT2D eigenvalue weighted by atomic mass is 9.90. The van der Waals surface area contributed by atoms with Gasteiger partial charge in [-0.25, -0.2) is 0 Å². The number of nitrogens with zero attached hydrogens (tertiary/aromatic N) is 3. The highest BCUT2D eigenvalue weighted by atomic mass is 19.4. The summed E-state index contributed by atoms with van der Waals surface area (Å²) in [5, 5.41) is 18.4. The van der Waals surface area contributed by atoms with Gasteiger partial charge in [-0.3, -0.25) is 4.79 Å². The molecular weight excluding hydrogens is 385 g/mol. The number of aromatic hydroxyl groups is 1. The van der Waals surface area contributed by atoms with Crippen LogP contribution in [0.4, 0.5) is 13.2 Å². The van der Waals surface area contributed by atoms with Crippen LogP contribution in [0.2, 0.25) is 0 Å². The largest absolute Gasteiger partial charge is 0.507 e. The molecule has 0 saturated carbocycles. The molecule has 0 radical (unpaired) electrons. The van der Waals surface area contributed by atoms with Crippen molar-refractivity contribution < 1.29 is 23.1 Å². The van der Waals surface area contributed by atoms with Crippen molar-refractivity contribution in [3.8, 4) is 17.0 Å². The molecular formula is C20H23F3N4O2. The second-order valence-corrected chi connectivity index (χ2v) is 7.56. The molecule has 1 atom stereocenters. The van der Waals surface area contributed by atoms with Gasteiger partial charge in [0.2, 0.25) is 0 Å². The van der Waals surface area contributed by atoms with Gasteiger partial charge in [0, 0.05) is 12.1 Å². The third kappa shape index (κ3) is 4.50. The van der Waals surface area contributed by atoms with Crippen LogP contribution in [0.3, 0.4) is 0 Å². The van der Waals surface area contributed by atoms with Crippen molar-refractivity contribution in [1.29, 1.82) is 0 Å². The number of primary amides is 1. The van der Waals surface area contributed by atoms with Crippen LogP contribution in [0.1, 0.15) is 40.0 Å². The number of rotatable bonds is 4. The molecule has 3 rings (SSSR count). The van der Waals surface area contributed by atoms with Crippen molar-refractivity contribution in [2.45, 2.75) is 32.4 Å². The number of carbonyl (C=O) groups is 1. The fraction of sp³-hybridized carbons (Fsp3) is 0.450. The Bertz CT molecular complexity index is 931. The van der Waals surface area contributed by atoms with Gasteiger partial charge < -0.3 is 15.7 Å². The summed E-state index contributed by atoms with van der Waals surface area (Å²) in [5.41, 5.74) is 5.89. The molecule has 1 saturated heterocycles. The van der Waals surface area contributed by atoms with Crippen LogP contribution in [-0.4, -0.2) is 46.2 Å². The van der Waals surface area contributed by atoms with Crippen molar-refractivity contribution in [2.24, 2.45) is 11.7 Å². The number of benzene rings is 1. The molecule has 9 heteroatoms. The molecule has 1 fully saturated rings. The summed E-state index contributed by atoms with van der Waals surface area (Å²) in [6, 6.07) is 2.60. The number of nitrogens with two attached hydrogens (primary N) is 1. The Hall–Kier alpha value is -2.68. The molecule has 1 aliphatic rings. The number of likely N-dealkylation sites (tertiary alicyclic amines) is 1. The SMILES string of the molecule is Cc1c(-c2ccc(C(F)(F)F)cc2O)nnc(C[C@@H]2CCCN(C)C2)c1C(N)=O. The minimum Gasteiger partial charge on any atom is -0.507 e. The lowest BCUT2D eigenvalue weighted by Crippen LogP contribution is -2.33. The molecule has 1 aromatic heterocycles. The monoisotopic (exact) mass is 408 g/mol. The summed E-state index contributed by atoms with van der Waals surface area (Å²) < 4.78 is 38.6. The molecule has 1 aromatic carbocycles. The van der Waals surface area contributed by atoms with Crippen LogP contribution in [0, 0.1) is 12.8 Å². The normalized spacial score (nSPS) is 18.0. The van der Waals surface area contributed by atoms with E-state index in [1.165, 1.54) is 0 Å². The first-order valence-electron chi connectivity index (χ1n) is 9.33. The first kappa shape index (κ1) is 21.0. The molecule has 0 aliphatic carbocycles. The molecule has 3 N–H and O–H groups in total. The Morgan fingerprint density at radius 1 is 1.34 bits per heavy atom. The smallest absolute Gasteiger partial charge is 0.416 e. The van der Waals surface area contributed by atoms with Gasteiger partial charge in [0.1, 0.15) is 11.4 Å². The summed E-state index contributed by atoms with van der Waals surface area (Å²) in [4.78, 5) is 14.4. The lowest BCUT2D eigenvalue weighted by Gasteiger charge is -2.29. The summed E-state index contributed by atoms with van der Waals surface area (Å²) in [6.45, 7) is 3.51. The van der Waals surface area contributed by atoms with Crippen LogP contribution < -0.4 is 5.73 Å². The van der Waals surface area contributed by atoms with Crippen LogP contribution in [0.15, 0.2) is 18.2 Å². The number of alkyl halides is 3. The molecule has 0 bridgehead atoms. The average Bonchev–Trinajstić information content (AvgIpc) is 2.61. The van der Waals surface area contributed by atoms with Crippen molar-refractivity contribution in [2.75, 3.05) is 20.1 Å². The highest BCUT2D eigenvalue weighted by Crippen LogP contribution is 2.37. The fourth-order valence-corrected chi connectivity index (χ4v) is 3.92. The first-order valence-corrected chi connectivity index (χ1v) is 9.33. The average molecular weight is 408 g/mol. The maximum atomic E-state index is 12.9. The maximum Gasteiger partial charge on any atom is 0.416 e. The summed E-state index contributed by atoms with van der Waals surface area (Å²) in [6.07, 6.45) is -1.98. The van der Waals surface area contributed by atoms with E-state index >= 15 is 0 Å². The summed E-state index contributed by atoms with van der Waals surface area (Å²) in [5.74, 6) is -0.954. The molecule has 2 aromatic rings. The molecule has 2 heterocycles. The number of halogens is 3. The van der Waals surface area contributed by atoms with E-state index in [9.17, 15) is 23.1 Å². The number of hydrogen-bond acceptors (Lipinski definition) is 5. The van der Waals surface area contributed by atoms with E-state index < -0.39 is 23.4 Å². The molecule has 156 valence electrons. The lowest BCUT2D eigenvalue weighted by molar-refractivity contribution is -0.137. The number of piperidine rings is 1. The number of phenolic OH excluding ortho intramolecular Hbond substituents is 1. The molecule has 0 spiro atoms. The second kappa shape index (κ2) is 7.98. The second-order valence-electron chi connectivity index (χ2n) is 7.56. The number of hydrogen-bond donors (Lipinski definition) is 2. The zero-order valence-corrected chi connectivity index (χ0v) is 16.3. The van der Waals surface area contributed by atoms with Crippen molar-refractivity contribution in [1.82, 2.24) is 15.1 Å². The molecule has 1 aliphatic heterocycles. The maximum absolute atomic E-state index is 12.9. The number of carbonyl (C=O) groups excluding carboxylic acids is 1. The van der Waals surface area contributed by atoms with Gasteiger partial charge in [0.15, 0.2) is 0 Å². The van der Waals surface area contributed by atoms with Gasteiger partial charge in [-0.1, -0.05) is 0 Å². The topological polar surface area (TPSA) is 92.3 Å². The van der Waals surface area contributed by atoms with E-state index in [0.29, 0.717) is 29.7 Å². The van der Waals surface area contributed by atoms with E-state index in [1.807, 2.05) is 7.05 Å². The molecule has 0 unspecified atom stereocenters. The van der Waals surface area contributed by atoms with Gasteiger partial charge in [0.05, 0.1) is 16.8 Å². The van der Waals surface area contributed by atoms with E-state index in [-0.39, 0.29) is 16.8 Å². The van der Waals surface area contributed by atoms with E-state index in [1.54, 1.807) is 6.92 Å². The van der Waals surface area contributed by atoms with E-state index in [4.69, 9.17) is 5.73 Å². The minimum atomic E-state index is -4.58. The minimum absolute atomic E-state index is 0.0643.